The molecule has 0 unspecified atom stereocenters. The van der Waals surface area contributed by atoms with Gasteiger partial charge in [0.05, 0.1) is 6.61 Å². The Morgan fingerprint density at radius 3 is 2.28 bits per heavy atom. The van der Waals surface area contributed by atoms with E-state index < -0.39 is 5.60 Å². The van der Waals surface area contributed by atoms with Gasteiger partial charge in [-0.15, -0.1) is 0 Å². The molecule has 0 spiro atoms. The molecule has 7 nitrogen and oxygen atoms in total. The van der Waals surface area contributed by atoms with E-state index in [1.165, 1.54) is 5.56 Å². The van der Waals surface area contributed by atoms with Crippen molar-refractivity contribution in [2.24, 2.45) is 5.41 Å². The van der Waals surface area contributed by atoms with Crippen molar-refractivity contribution in [3.05, 3.63) is 65.2 Å². The van der Waals surface area contributed by atoms with Gasteiger partial charge in [-0.3, -0.25) is 0 Å². The average molecular weight is 496 g/mol. The highest BCUT2D eigenvalue weighted by Crippen LogP contribution is 2.50. The maximum absolute atomic E-state index is 12.5. The Hall–Kier alpha value is -2.61. The van der Waals surface area contributed by atoms with Crippen molar-refractivity contribution in [1.29, 1.82) is 0 Å². The lowest BCUT2D eigenvalue weighted by atomic mass is 9.62. The highest BCUT2D eigenvalue weighted by molar-refractivity contribution is 5.68. The lowest BCUT2D eigenvalue weighted by Crippen LogP contribution is -2.63. The van der Waals surface area contributed by atoms with Crippen LogP contribution in [0.25, 0.3) is 0 Å². The fourth-order valence-corrected chi connectivity index (χ4v) is 5.73. The Morgan fingerprint density at radius 1 is 1.03 bits per heavy atom. The van der Waals surface area contributed by atoms with E-state index in [4.69, 9.17) is 9.47 Å². The number of ether oxygens (including phenoxy) is 2. The fourth-order valence-electron chi connectivity index (χ4n) is 5.73. The predicted octanol–water partition coefficient (Wildman–Crippen LogP) is 3.90. The van der Waals surface area contributed by atoms with Gasteiger partial charge in [0.15, 0.2) is 0 Å². The lowest BCUT2D eigenvalue weighted by Gasteiger charge is -2.56. The van der Waals surface area contributed by atoms with Gasteiger partial charge in [0, 0.05) is 57.5 Å². The first-order chi connectivity index (χ1) is 17.2. The molecule has 2 aromatic rings. The molecule has 7 heteroatoms. The normalized spacial score (nSPS) is 19.6. The maximum Gasteiger partial charge on any atom is 0.409 e. The van der Waals surface area contributed by atoms with Crippen molar-refractivity contribution in [3.8, 4) is 0 Å². The Kier molecular flexibility index (Phi) is 7.93. The minimum Gasteiger partial charge on any atom is -0.447 e. The van der Waals surface area contributed by atoms with Crippen LogP contribution in [0.5, 0.6) is 0 Å². The highest BCUT2D eigenvalue weighted by atomic mass is 16.6. The van der Waals surface area contributed by atoms with E-state index in [9.17, 15) is 9.90 Å². The van der Waals surface area contributed by atoms with Crippen LogP contribution in [0.2, 0.25) is 0 Å². The summed E-state index contributed by atoms with van der Waals surface area (Å²) in [6.07, 6.45) is -0.290. The van der Waals surface area contributed by atoms with Crippen LogP contribution >= 0.6 is 0 Å². The van der Waals surface area contributed by atoms with Gasteiger partial charge in [-0.25, -0.2) is 4.79 Å². The number of hydrogen-bond acceptors (Lipinski definition) is 6. The van der Waals surface area contributed by atoms with E-state index in [0.29, 0.717) is 38.7 Å². The molecule has 2 aliphatic rings. The number of rotatable bonds is 8. The molecular formula is C29H41N3O4. The standard InChI is InChI=1S/C29H41N3O4/c1-22(2)23-9-11-24(12-10-23)29(34,28(3)20-30(4)21-28)25-7-6-8-26(19-25)31-13-15-32(16-14-31)27(33)36-18-17-35-5/h6-12,19,22,34H,13-18,20-21H2,1-5H3/t29-/m0/s1. The third kappa shape index (κ3) is 5.10. The van der Waals surface area contributed by atoms with Crippen LogP contribution in [0.1, 0.15) is 43.4 Å². The molecule has 1 atom stereocenters. The molecule has 0 aliphatic carbocycles. The zero-order valence-electron chi connectivity index (χ0n) is 22.4. The van der Waals surface area contributed by atoms with Gasteiger partial charge in [0.1, 0.15) is 12.2 Å². The van der Waals surface area contributed by atoms with Crippen molar-refractivity contribution in [2.45, 2.75) is 32.3 Å². The van der Waals surface area contributed by atoms with E-state index in [-0.39, 0.29) is 18.1 Å². The molecule has 0 aromatic heterocycles. The minimum absolute atomic E-state index is 0.266. The molecule has 0 radical (unpaired) electrons. The third-order valence-electron chi connectivity index (χ3n) is 7.79. The summed E-state index contributed by atoms with van der Waals surface area (Å²) in [7, 11) is 3.69. The fraction of sp³-hybridized carbons (Fsp3) is 0.552. The topological polar surface area (TPSA) is 65.5 Å². The van der Waals surface area contributed by atoms with Crippen LogP contribution < -0.4 is 4.90 Å². The zero-order valence-corrected chi connectivity index (χ0v) is 22.4. The van der Waals surface area contributed by atoms with E-state index >= 15 is 0 Å². The lowest BCUT2D eigenvalue weighted by molar-refractivity contribution is -0.127. The number of anilines is 1. The van der Waals surface area contributed by atoms with Crippen LogP contribution in [-0.4, -0.2) is 87.6 Å². The monoisotopic (exact) mass is 495 g/mol. The molecule has 1 N–H and O–H groups in total. The Bertz CT molecular complexity index is 1030. The number of amides is 1. The van der Waals surface area contributed by atoms with Gasteiger partial charge >= 0.3 is 6.09 Å². The number of carbonyl (C=O) groups excluding carboxylic acids is 1. The van der Waals surface area contributed by atoms with Crippen molar-refractivity contribution in [2.75, 3.05) is 71.5 Å². The molecule has 2 saturated heterocycles. The summed E-state index contributed by atoms with van der Waals surface area (Å²) in [6, 6.07) is 16.8. The van der Waals surface area contributed by atoms with Gasteiger partial charge in [-0.1, -0.05) is 57.2 Å². The van der Waals surface area contributed by atoms with E-state index in [2.05, 4.69) is 74.0 Å². The van der Waals surface area contributed by atoms with Gasteiger partial charge < -0.3 is 29.3 Å². The first-order valence-electron chi connectivity index (χ1n) is 13.0. The molecule has 2 fully saturated rings. The van der Waals surface area contributed by atoms with E-state index in [1.807, 2.05) is 12.1 Å². The summed E-state index contributed by atoms with van der Waals surface area (Å²) < 4.78 is 10.2. The molecule has 2 heterocycles. The molecule has 2 aliphatic heterocycles. The second-order valence-corrected chi connectivity index (χ2v) is 10.9. The quantitative estimate of drug-likeness (QED) is 0.561. The molecule has 196 valence electrons. The van der Waals surface area contributed by atoms with Gasteiger partial charge in [0.25, 0.3) is 0 Å². The molecule has 0 saturated carbocycles. The van der Waals surface area contributed by atoms with E-state index in [1.54, 1.807) is 12.0 Å². The Balaban J connectivity index is 1.56. The molecule has 36 heavy (non-hydrogen) atoms. The smallest absolute Gasteiger partial charge is 0.409 e. The number of nitrogens with zero attached hydrogens (tertiary/aromatic N) is 3. The van der Waals surface area contributed by atoms with Crippen molar-refractivity contribution < 1.29 is 19.4 Å². The van der Waals surface area contributed by atoms with Crippen molar-refractivity contribution >= 4 is 11.8 Å². The molecule has 4 rings (SSSR count). The number of methoxy groups -OCH3 is 1. The second-order valence-electron chi connectivity index (χ2n) is 10.9. The third-order valence-corrected chi connectivity index (χ3v) is 7.79. The molecule has 1 amide bonds. The summed E-state index contributed by atoms with van der Waals surface area (Å²) in [5.74, 6) is 0.442. The number of likely N-dealkylation sites (tertiary alicyclic amines) is 1. The highest BCUT2D eigenvalue weighted by Gasteiger charge is 2.55. The van der Waals surface area contributed by atoms with Crippen LogP contribution in [0.3, 0.4) is 0 Å². The second kappa shape index (κ2) is 10.8. The van der Waals surface area contributed by atoms with Crippen LogP contribution in [0.4, 0.5) is 10.5 Å². The molecular weight excluding hydrogens is 454 g/mol. The summed E-state index contributed by atoms with van der Waals surface area (Å²) in [4.78, 5) is 18.6. The number of carbonyl (C=O) groups is 1. The van der Waals surface area contributed by atoms with Gasteiger partial charge in [-0.2, -0.15) is 0 Å². The van der Waals surface area contributed by atoms with Gasteiger partial charge in [0.2, 0.25) is 0 Å². The zero-order chi connectivity index (χ0) is 25.9. The van der Waals surface area contributed by atoms with Gasteiger partial charge in [-0.05, 0) is 41.8 Å². The minimum atomic E-state index is -1.11. The van der Waals surface area contributed by atoms with Crippen molar-refractivity contribution in [1.82, 2.24) is 9.80 Å². The summed E-state index contributed by atoms with van der Waals surface area (Å²) in [6.45, 7) is 11.5. The summed E-state index contributed by atoms with van der Waals surface area (Å²) in [5.41, 5.74) is 2.76. The SMILES string of the molecule is COCCOC(=O)N1CCN(c2cccc([C@@](O)(c3ccc(C(C)C)cc3)C3(C)CN(C)C3)c2)CC1. The van der Waals surface area contributed by atoms with E-state index in [0.717, 1.165) is 29.9 Å². The summed E-state index contributed by atoms with van der Waals surface area (Å²) >= 11 is 0. The number of hydrogen-bond donors (Lipinski definition) is 1. The first kappa shape index (κ1) is 26.5. The maximum atomic E-state index is 12.5. The largest absolute Gasteiger partial charge is 0.447 e. The predicted molar refractivity (Wildman–Crippen MR) is 143 cm³/mol. The first-order valence-corrected chi connectivity index (χ1v) is 13.0. The van der Waals surface area contributed by atoms with Crippen LogP contribution in [-0.2, 0) is 15.1 Å². The van der Waals surface area contributed by atoms with Crippen LogP contribution in [0.15, 0.2) is 48.5 Å². The number of benzene rings is 2. The Morgan fingerprint density at radius 2 is 1.69 bits per heavy atom. The Labute approximate surface area is 215 Å². The molecule has 0 bridgehead atoms. The number of piperazine rings is 1. The average Bonchev–Trinajstić information content (AvgIpc) is 2.87. The molecule has 2 aromatic carbocycles. The summed E-state index contributed by atoms with van der Waals surface area (Å²) in [5, 5.41) is 12.5. The van der Waals surface area contributed by atoms with Crippen LogP contribution in [0, 0.1) is 5.41 Å². The number of aliphatic hydroxyl groups is 1. The van der Waals surface area contributed by atoms with Crippen molar-refractivity contribution in [3.63, 3.8) is 0 Å².